The van der Waals surface area contributed by atoms with Gasteiger partial charge < -0.3 is 14.7 Å². The number of carboxylic acid groups (broad SMARTS) is 1. The number of benzene rings is 1. The summed E-state index contributed by atoms with van der Waals surface area (Å²) in [5.74, 6) is 0.0280. The van der Waals surface area contributed by atoms with Crippen molar-refractivity contribution in [2.75, 3.05) is 26.7 Å². The van der Waals surface area contributed by atoms with Gasteiger partial charge in [0.15, 0.2) is 0 Å². The van der Waals surface area contributed by atoms with E-state index in [4.69, 9.17) is 9.84 Å². The molecule has 0 aromatic heterocycles. The third-order valence-corrected chi connectivity index (χ3v) is 3.18. The maximum atomic E-state index is 10.6. The number of hydrogen-bond acceptors (Lipinski definition) is 3. The molecule has 0 atom stereocenters. The molecule has 4 nitrogen and oxygen atoms in total. The van der Waals surface area contributed by atoms with E-state index in [-0.39, 0.29) is 5.92 Å². The average Bonchev–Trinajstić information content (AvgIpc) is 2.27. The first-order valence-electron chi connectivity index (χ1n) is 5.77. The average molecular weight is 235 g/mol. The van der Waals surface area contributed by atoms with Gasteiger partial charge in [-0.05, 0) is 24.1 Å². The fraction of sp³-hybridized carbons (Fsp3) is 0.462. The minimum atomic E-state index is -0.675. The number of likely N-dealkylation sites (tertiary alicyclic amines) is 1. The molecule has 0 amide bonds. The van der Waals surface area contributed by atoms with Crippen LogP contribution in [0.3, 0.4) is 0 Å². The molecular formula is C13H17NO3. The van der Waals surface area contributed by atoms with Gasteiger partial charge in [0.05, 0.1) is 13.0 Å². The van der Waals surface area contributed by atoms with Crippen molar-refractivity contribution in [1.82, 2.24) is 4.90 Å². The molecule has 0 aliphatic carbocycles. The molecule has 0 unspecified atom stereocenters. The van der Waals surface area contributed by atoms with E-state index in [2.05, 4.69) is 4.90 Å². The lowest BCUT2D eigenvalue weighted by Gasteiger charge is -2.36. The number of rotatable bonds is 5. The third kappa shape index (κ3) is 2.97. The molecule has 17 heavy (non-hydrogen) atoms. The highest BCUT2D eigenvalue weighted by atomic mass is 16.5. The highest BCUT2D eigenvalue weighted by Crippen LogP contribution is 2.17. The van der Waals surface area contributed by atoms with Crippen LogP contribution in [-0.2, 0) is 11.2 Å². The summed E-state index contributed by atoms with van der Waals surface area (Å²) in [5, 5.41) is 8.75. The van der Waals surface area contributed by atoms with Crippen LogP contribution in [0, 0.1) is 5.92 Å². The van der Waals surface area contributed by atoms with Gasteiger partial charge in [0.1, 0.15) is 5.75 Å². The molecule has 0 radical (unpaired) electrons. The second kappa shape index (κ2) is 5.19. The maximum absolute atomic E-state index is 10.6. The van der Waals surface area contributed by atoms with Gasteiger partial charge in [-0.3, -0.25) is 4.79 Å². The van der Waals surface area contributed by atoms with Crippen LogP contribution in [0.4, 0.5) is 0 Å². The molecule has 1 saturated heterocycles. The predicted molar refractivity (Wildman–Crippen MR) is 64.3 cm³/mol. The molecule has 0 saturated carbocycles. The smallest absolute Gasteiger partial charge is 0.309 e. The largest absolute Gasteiger partial charge is 0.497 e. The van der Waals surface area contributed by atoms with E-state index in [1.165, 1.54) is 5.56 Å². The van der Waals surface area contributed by atoms with Crippen LogP contribution in [0.2, 0.25) is 0 Å². The number of carbonyl (C=O) groups is 1. The molecule has 0 bridgehead atoms. The van der Waals surface area contributed by atoms with Gasteiger partial charge in [0, 0.05) is 19.6 Å². The zero-order chi connectivity index (χ0) is 12.3. The lowest BCUT2D eigenvalue weighted by molar-refractivity contribution is -0.147. The van der Waals surface area contributed by atoms with Gasteiger partial charge in [-0.25, -0.2) is 0 Å². The van der Waals surface area contributed by atoms with Gasteiger partial charge >= 0.3 is 5.97 Å². The summed E-state index contributed by atoms with van der Waals surface area (Å²) in [6.45, 7) is 2.30. The van der Waals surface area contributed by atoms with Crippen molar-refractivity contribution < 1.29 is 14.6 Å². The first-order chi connectivity index (χ1) is 8.19. The van der Waals surface area contributed by atoms with Crippen molar-refractivity contribution in [2.45, 2.75) is 6.42 Å². The van der Waals surface area contributed by atoms with Crippen LogP contribution in [0.25, 0.3) is 0 Å². The van der Waals surface area contributed by atoms with E-state index in [1.807, 2.05) is 24.3 Å². The Morgan fingerprint density at radius 2 is 2.06 bits per heavy atom. The Balaban J connectivity index is 1.74. The second-order valence-corrected chi connectivity index (χ2v) is 4.39. The Bertz CT molecular complexity index is 382. The fourth-order valence-electron chi connectivity index (χ4n) is 1.99. The molecule has 1 fully saturated rings. The second-order valence-electron chi connectivity index (χ2n) is 4.39. The van der Waals surface area contributed by atoms with E-state index in [9.17, 15) is 4.79 Å². The van der Waals surface area contributed by atoms with Gasteiger partial charge in [-0.1, -0.05) is 12.1 Å². The molecular weight excluding hydrogens is 218 g/mol. The van der Waals surface area contributed by atoms with Crippen LogP contribution < -0.4 is 4.74 Å². The van der Waals surface area contributed by atoms with Crippen LogP contribution >= 0.6 is 0 Å². The first kappa shape index (κ1) is 11.9. The summed E-state index contributed by atoms with van der Waals surface area (Å²) in [4.78, 5) is 12.8. The van der Waals surface area contributed by atoms with Crippen molar-refractivity contribution in [1.29, 1.82) is 0 Å². The molecule has 92 valence electrons. The highest BCUT2D eigenvalue weighted by molar-refractivity contribution is 5.71. The number of nitrogens with zero attached hydrogens (tertiary/aromatic N) is 1. The van der Waals surface area contributed by atoms with Crippen molar-refractivity contribution in [2.24, 2.45) is 5.92 Å². The Morgan fingerprint density at radius 3 is 2.59 bits per heavy atom. The summed E-state index contributed by atoms with van der Waals surface area (Å²) in [5.41, 5.74) is 1.25. The summed E-state index contributed by atoms with van der Waals surface area (Å²) in [6, 6.07) is 8.00. The van der Waals surface area contributed by atoms with Crippen molar-refractivity contribution in [3.05, 3.63) is 29.8 Å². The maximum Gasteiger partial charge on any atom is 0.309 e. The molecule has 0 spiro atoms. The number of hydrogen-bond donors (Lipinski definition) is 1. The summed E-state index contributed by atoms with van der Waals surface area (Å²) in [6.07, 6.45) is 0.955. The highest BCUT2D eigenvalue weighted by Gasteiger charge is 2.31. The summed E-state index contributed by atoms with van der Waals surface area (Å²) >= 11 is 0. The summed E-state index contributed by atoms with van der Waals surface area (Å²) in [7, 11) is 1.65. The number of aliphatic carboxylic acids is 1. The van der Waals surface area contributed by atoms with E-state index in [0.717, 1.165) is 18.7 Å². The SMILES string of the molecule is COc1ccc(CCN2CC(C(=O)O)C2)cc1. The Hall–Kier alpha value is -1.55. The van der Waals surface area contributed by atoms with E-state index in [0.29, 0.717) is 13.1 Å². The van der Waals surface area contributed by atoms with Gasteiger partial charge in [-0.15, -0.1) is 0 Å². The lowest BCUT2D eigenvalue weighted by Crippen LogP contribution is -2.50. The molecule has 4 heteroatoms. The lowest BCUT2D eigenvalue weighted by atomic mass is 10.00. The first-order valence-corrected chi connectivity index (χ1v) is 5.77. The molecule has 1 N–H and O–H groups in total. The number of ether oxygens (including phenoxy) is 1. The van der Waals surface area contributed by atoms with E-state index in [1.54, 1.807) is 7.11 Å². The minimum absolute atomic E-state index is 0.161. The van der Waals surface area contributed by atoms with E-state index < -0.39 is 5.97 Å². The fourth-order valence-corrected chi connectivity index (χ4v) is 1.99. The number of methoxy groups -OCH3 is 1. The van der Waals surface area contributed by atoms with Crippen molar-refractivity contribution >= 4 is 5.97 Å². The van der Waals surface area contributed by atoms with Gasteiger partial charge in [0.25, 0.3) is 0 Å². The number of carboxylic acids is 1. The molecule has 1 heterocycles. The standard InChI is InChI=1S/C13H17NO3/c1-17-12-4-2-10(3-5-12)6-7-14-8-11(9-14)13(15)16/h2-5,11H,6-9H2,1H3,(H,15,16). The van der Waals surface area contributed by atoms with Crippen molar-refractivity contribution in [3.8, 4) is 5.75 Å². The zero-order valence-electron chi connectivity index (χ0n) is 9.93. The monoisotopic (exact) mass is 235 g/mol. The van der Waals surface area contributed by atoms with Crippen molar-refractivity contribution in [3.63, 3.8) is 0 Å². The van der Waals surface area contributed by atoms with Crippen LogP contribution in [0.15, 0.2) is 24.3 Å². The van der Waals surface area contributed by atoms with Crippen LogP contribution in [-0.4, -0.2) is 42.7 Å². The molecule has 1 aromatic carbocycles. The van der Waals surface area contributed by atoms with E-state index >= 15 is 0 Å². The quantitative estimate of drug-likeness (QED) is 0.834. The third-order valence-electron chi connectivity index (χ3n) is 3.18. The van der Waals surface area contributed by atoms with Crippen LogP contribution in [0.1, 0.15) is 5.56 Å². The molecule has 1 aromatic rings. The Kier molecular flexibility index (Phi) is 3.64. The van der Waals surface area contributed by atoms with Gasteiger partial charge in [-0.2, -0.15) is 0 Å². The van der Waals surface area contributed by atoms with Gasteiger partial charge in [0.2, 0.25) is 0 Å². The molecule has 1 aliphatic rings. The topological polar surface area (TPSA) is 49.8 Å². The predicted octanol–water partition coefficient (Wildman–Crippen LogP) is 1.25. The molecule has 1 aliphatic heterocycles. The zero-order valence-corrected chi connectivity index (χ0v) is 9.93. The minimum Gasteiger partial charge on any atom is -0.497 e. The Labute approximate surface area is 101 Å². The van der Waals surface area contributed by atoms with Crippen LogP contribution in [0.5, 0.6) is 5.75 Å². The molecule has 2 rings (SSSR count). The summed E-state index contributed by atoms with van der Waals surface area (Å²) < 4.78 is 5.09. The normalized spacial score (nSPS) is 16.5. The Morgan fingerprint density at radius 1 is 1.41 bits per heavy atom.